The molecular weight excluding hydrogens is 338 g/mol. The lowest BCUT2D eigenvalue weighted by molar-refractivity contribution is 0.102. The van der Waals surface area contributed by atoms with E-state index in [1.54, 1.807) is 0 Å². The summed E-state index contributed by atoms with van der Waals surface area (Å²) in [6.45, 7) is 2.57. The average molecular weight is 354 g/mol. The van der Waals surface area contributed by atoms with Crippen LogP contribution in [-0.2, 0) is 6.54 Å². The number of aryl methyl sites for hydroxylation is 1. The van der Waals surface area contributed by atoms with Crippen molar-refractivity contribution in [3.63, 3.8) is 0 Å². The van der Waals surface area contributed by atoms with Crippen LogP contribution in [-0.4, -0.2) is 15.9 Å². The number of hydrogen-bond donors (Lipinski definition) is 2. The zero-order valence-electron chi connectivity index (χ0n) is 14.0. The summed E-state index contributed by atoms with van der Waals surface area (Å²) in [4.78, 5) is 20.1. The van der Waals surface area contributed by atoms with Crippen molar-refractivity contribution >= 4 is 17.4 Å². The lowest BCUT2D eigenvalue weighted by Crippen LogP contribution is -2.16. The van der Waals surface area contributed by atoms with Gasteiger partial charge in [-0.1, -0.05) is 35.9 Å². The van der Waals surface area contributed by atoms with Gasteiger partial charge in [0.25, 0.3) is 5.91 Å². The minimum Gasteiger partial charge on any atom is -0.365 e. The third kappa shape index (κ3) is 4.18. The first-order valence-corrected chi connectivity index (χ1v) is 7.90. The monoisotopic (exact) mass is 354 g/mol. The van der Waals surface area contributed by atoms with Gasteiger partial charge in [0.15, 0.2) is 0 Å². The molecule has 0 bridgehead atoms. The van der Waals surface area contributed by atoms with Gasteiger partial charge in [-0.25, -0.2) is 18.7 Å². The SMILES string of the molecule is Cc1ccc(CNc2cnc(C(=O)Nc3c(F)cccc3F)cn2)cc1. The van der Waals surface area contributed by atoms with Crippen molar-refractivity contribution < 1.29 is 13.6 Å². The van der Waals surface area contributed by atoms with Crippen LogP contribution < -0.4 is 10.6 Å². The third-order valence-corrected chi connectivity index (χ3v) is 3.68. The quantitative estimate of drug-likeness (QED) is 0.729. The van der Waals surface area contributed by atoms with Gasteiger partial charge in [0.05, 0.1) is 12.4 Å². The Hall–Kier alpha value is -3.35. The number of para-hydroxylation sites is 1. The first kappa shape index (κ1) is 17.5. The lowest BCUT2D eigenvalue weighted by atomic mass is 10.1. The predicted molar refractivity (Wildman–Crippen MR) is 94.8 cm³/mol. The van der Waals surface area contributed by atoms with Crippen molar-refractivity contribution in [2.75, 3.05) is 10.6 Å². The molecule has 26 heavy (non-hydrogen) atoms. The van der Waals surface area contributed by atoms with Crippen LogP contribution in [0, 0.1) is 18.6 Å². The van der Waals surface area contributed by atoms with E-state index in [0.717, 1.165) is 17.7 Å². The Labute approximate surface area is 149 Å². The van der Waals surface area contributed by atoms with Gasteiger partial charge in [-0.2, -0.15) is 0 Å². The molecule has 1 heterocycles. The van der Waals surface area contributed by atoms with E-state index in [4.69, 9.17) is 0 Å². The standard InChI is InChI=1S/C19H16F2N4O/c1-12-5-7-13(8-6-12)9-23-17-11-22-16(10-24-17)19(26)25-18-14(20)3-2-4-15(18)21/h2-8,10-11H,9H2,1H3,(H,23,24)(H,25,26). The van der Waals surface area contributed by atoms with Crippen molar-refractivity contribution in [2.24, 2.45) is 0 Å². The van der Waals surface area contributed by atoms with Gasteiger partial charge >= 0.3 is 0 Å². The summed E-state index contributed by atoms with van der Waals surface area (Å²) in [5.74, 6) is -1.98. The van der Waals surface area contributed by atoms with Crippen molar-refractivity contribution in [2.45, 2.75) is 13.5 Å². The topological polar surface area (TPSA) is 66.9 Å². The number of hydrogen-bond acceptors (Lipinski definition) is 4. The molecule has 3 rings (SSSR count). The van der Waals surface area contributed by atoms with Gasteiger partial charge in [0.1, 0.15) is 28.8 Å². The second-order valence-corrected chi connectivity index (χ2v) is 5.68. The number of anilines is 2. The maximum atomic E-state index is 13.6. The molecule has 0 aliphatic heterocycles. The number of nitrogens with one attached hydrogen (secondary N) is 2. The molecule has 0 unspecified atom stereocenters. The lowest BCUT2D eigenvalue weighted by Gasteiger charge is -2.08. The van der Waals surface area contributed by atoms with Crippen LogP contribution in [0.5, 0.6) is 0 Å². The normalized spacial score (nSPS) is 10.4. The second-order valence-electron chi connectivity index (χ2n) is 5.68. The summed E-state index contributed by atoms with van der Waals surface area (Å²) in [5, 5.41) is 5.25. The van der Waals surface area contributed by atoms with E-state index in [0.29, 0.717) is 12.4 Å². The molecule has 3 aromatic rings. The van der Waals surface area contributed by atoms with E-state index in [9.17, 15) is 13.6 Å². The van der Waals surface area contributed by atoms with Gasteiger partial charge in [-0.3, -0.25) is 4.79 Å². The van der Waals surface area contributed by atoms with Crippen LogP contribution in [0.3, 0.4) is 0 Å². The molecule has 2 N–H and O–H groups in total. The first-order valence-electron chi connectivity index (χ1n) is 7.90. The zero-order valence-corrected chi connectivity index (χ0v) is 14.0. The fourth-order valence-corrected chi connectivity index (χ4v) is 2.23. The van der Waals surface area contributed by atoms with Crippen LogP contribution in [0.25, 0.3) is 0 Å². The average Bonchev–Trinajstić information content (AvgIpc) is 2.65. The number of amides is 1. The minimum atomic E-state index is -0.859. The molecule has 0 saturated carbocycles. The van der Waals surface area contributed by atoms with E-state index in [1.807, 2.05) is 31.2 Å². The van der Waals surface area contributed by atoms with Gasteiger partial charge in [0.2, 0.25) is 0 Å². The van der Waals surface area contributed by atoms with Crippen LogP contribution >= 0.6 is 0 Å². The second kappa shape index (κ2) is 7.69. The fourth-order valence-electron chi connectivity index (χ4n) is 2.23. The van der Waals surface area contributed by atoms with E-state index < -0.39 is 23.2 Å². The number of rotatable bonds is 5. The number of halogens is 2. The van der Waals surface area contributed by atoms with E-state index in [2.05, 4.69) is 20.6 Å². The summed E-state index contributed by atoms with van der Waals surface area (Å²) in [5.41, 5.74) is 1.69. The molecule has 0 saturated heterocycles. The fraction of sp³-hybridized carbons (Fsp3) is 0.105. The molecule has 2 aromatic carbocycles. The van der Waals surface area contributed by atoms with E-state index in [-0.39, 0.29) is 5.69 Å². The Kier molecular flexibility index (Phi) is 5.17. The largest absolute Gasteiger partial charge is 0.365 e. The van der Waals surface area contributed by atoms with Crippen LogP contribution in [0.4, 0.5) is 20.3 Å². The summed E-state index contributed by atoms with van der Waals surface area (Å²) >= 11 is 0. The number of benzene rings is 2. The van der Waals surface area contributed by atoms with Crippen LogP contribution in [0.1, 0.15) is 21.6 Å². The van der Waals surface area contributed by atoms with Gasteiger partial charge in [-0.15, -0.1) is 0 Å². The molecule has 1 amide bonds. The van der Waals surface area contributed by atoms with Crippen molar-refractivity contribution in [1.82, 2.24) is 9.97 Å². The molecule has 0 fully saturated rings. The van der Waals surface area contributed by atoms with Gasteiger partial charge in [-0.05, 0) is 24.6 Å². The Morgan fingerprint density at radius 2 is 1.69 bits per heavy atom. The Morgan fingerprint density at radius 1 is 1.00 bits per heavy atom. The number of aromatic nitrogens is 2. The highest BCUT2D eigenvalue weighted by Gasteiger charge is 2.14. The minimum absolute atomic E-state index is 0.0476. The Morgan fingerprint density at radius 3 is 2.31 bits per heavy atom. The molecule has 0 aliphatic rings. The third-order valence-electron chi connectivity index (χ3n) is 3.68. The molecule has 0 spiro atoms. The van der Waals surface area contributed by atoms with E-state index >= 15 is 0 Å². The highest BCUT2D eigenvalue weighted by molar-refractivity contribution is 6.02. The maximum absolute atomic E-state index is 13.6. The number of nitrogens with zero attached hydrogens (tertiary/aromatic N) is 2. The molecule has 7 heteroatoms. The number of carbonyl (C=O) groups excluding carboxylic acids is 1. The molecule has 132 valence electrons. The smallest absolute Gasteiger partial charge is 0.276 e. The van der Waals surface area contributed by atoms with Gasteiger partial charge < -0.3 is 10.6 Å². The summed E-state index contributed by atoms with van der Waals surface area (Å²) in [7, 11) is 0. The number of carbonyl (C=O) groups is 1. The Balaban J connectivity index is 1.63. The van der Waals surface area contributed by atoms with Crippen LogP contribution in [0.2, 0.25) is 0 Å². The molecule has 5 nitrogen and oxygen atoms in total. The Bertz CT molecular complexity index is 892. The maximum Gasteiger partial charge on any atom is 0.276 e. The van der Waals surface area contributed by atoms with Crippen LogP contribution in [0.15, 0.2) is 54.9 Å². The predicted octanol–water partition coefficient (Wildman–Crippen LogP) is 3.93. The van der Waals surface area contributed by atoms with Gasteiger partial charge in [0, 0.05) is 6.54 Å². The van der Waals surface area contributed by atoms with Crippen molar-refractivity contribution in [1.29, 1.82) is 0 Å². The van der Waals surface area contributed by atoms with Crippen molar-refractivity contribution in [3.05, 3.63) is 83.3 Å². The van der Waals surface area contributed by atoms with Crippen molar-refractivity contribution in [3.8, 4) is 0 Å². The molecule has 1 aromatic heterocycles. The molecular formula is C19H16F2N4O. The molecule has 0 atom stereocenters. The first-order chi connectivity index (χ1) is 12.5. The summed E-state index contributed by atoms with van der Waals surface area (Å²) in [6, 6.07) is 11.4. The zero-order chi connectivity index (χ0) is 18.5. The highest BCUT2D eigenvalue weighted by Crippen LogP contribution is 2.18. The molecule has 0 aliphatic carbocycles. The highest BCUT2D eigenvalue weighted by atomic mass is 19.1. The van der Waals surface area contributed by atoms with E-state index in [1.165, 1.54) is 24.0 Å². The molecule has 0 radical (unpaired) electrons. The summed E-state index contributed by atoms with van der Waals surface area (Å²) in [6.07, 6.45) is 2.63. The summed E-state index contributed by atoms with van der Waals surface area (Å²) < 4.78 is 27.2.